The summed E-state index contributed by atoms with van der Waals surface area (Å²) in [5.74, 6) is 0.0244. The fourth-order valence-corrected chi connectivity index (χ4v) is 3.54. The number of allylic oxidation sites excluding steroid dienone is 4. The zero-order valence-corrected chi connectivity index (χ0v) is 16.2. The molecule has 0 unspecified atom stereocenters. The number of carbonyl (C=O) groups is 2. The highest BCUT2D eigenvalue weighted by molar-refractivity contribution is 5.86. The number of esters is 1. The van der Waals surface area contributed by atoms with E-state index >= 15 is 0 Å². The minimum Gasteiger partial charge on any atom is -0.426 e. The molecule has 0 radical (unpaired) electrons. The van der Waals surface area contributed by atoms with E-state index < -0.39 is 5.97 Å². The number of benzene rings is 2. The molecule has 0 bridgehead atoms. The molecule has 1 aliphatic heterocycles. The lowest BCUT2D eigenvalue weighted by Crippen LogP contribution is -2.40. The summed E-state index contributed by atoms with van der Waals surface area (Å²) in [4.78, 5) is 26.3. The van der Waals surface area contributed by atoms with Crippen LogP contribution in [0, 0.1) is 0 Å². The lowest BCUT2D eigenvalue weighted by molar-refractivity contribution is -0.143. The summed E-state index contributed by atoms with van der Waals surface area (Å²) in [5.41, 5.74) is 0. The van der Waals surface area contributed by atoms with Crippen LogP contribution in [0.2, 0.25) is 0 Å². The van der Waals surface area contributed by atoms with Gasteiger partial charge in [0.1, 0.15) is 5.76 Å². The molecule has 0 aromatic heterocycles. The Bertz CT molecular complexity index is 1110. The fourth-order valence-electron chi connectivity index (χ4n) is 3.54. The molecule has 2 aromatic rings. The van der Waals surface area contributed by atoms with Crippen LogP contribution in [0.5, 0.6) is 0 Å². The maximum atomic E-state index is 12.4. The number of morpholine rings is 1. The van der Waals surface area contributed by atoms with Crippen molar-refractivity contribution in [3.8, 4) is 0 Å². The van der Waals surface area contributed by atoms with Crippen LogP contribution in [0.15, 0.2) is 60.4 Å². The zero-order chi connectivity index (χ0) is 20.1. The van der Waals surface area contributed by atoms with Crippen molar-refractivity contribution in [2.45, 2.75) is 12.8 Å². The summed E-state index contributed by atoms with van der Waals surface area (Å²) in [5, 5.41) is 4.29. The molecular weight excluding hydrogens is 366 g/mol. The Morgan fingerprint density at radius 3 is 2.62 bits per heavy atom. The van der Waals surface area contributed by atoms with Crippen molar-refractivity contribution < 1.29 is 19.1 Å². The first kappa shape index (κ1) is 19.2. The maximum absolute atomic E-state index is 12.4. The maximum Gasteiger partial charge on any atom is 0.311 e. The second kappa shape index (κ2) is 8.88. The second-order valence-corrected chi connectivity index (χ2v) is 7.02. The third-order valence-electron chi connectivity index (χ3n) is 5.08. The lowest BCUT2D eigenvalue weighted by Gasteiger charge is -2.26. The highest BCUT2D eigenvalue weighted by atomic mass is 16.5. The van der Waals surface area contributed by atoms with Gasteiger partial charge >= 0.3 is 5.97 Å². The van der Waals surface area contributed by atoms with E-state index in [1.165, 1.54) is 0 Å². The predicted molar refractivity (Wildman–Crippen MR) is 112 cm³/mol. The largest absolute Gasteiger partial charge is 0.426 e. The summed E-state index contributed by atoms with van der Waals surface area (Å²) in [6, 6.07) is 12.3. The first-order valence-electron chi connectivity index (χ1n) is 9.85. The van der Waals surface area contributed by atoms with Gasteiger partial charge in [-0.05, 0) is 33.4 Å². The Hall–Kier alpha value is -3.18. The van der Waals surface area contributed by atoms with E-state index in [2.05, 4.69) is 24.3 Å². The molecule has 1 fully saturated rings. The van der Waals surface area contributed by atoms with Crippen molar-refractivity contribution in [2.24, 2.45) is 0 Å². The van der Waals surface area contributed by atoms with E-state index in [-0.39, 0.29) is 18.7 Å². The number of amides is 1. The van der Waals surface area contributed by atoms with Crippen LogP contribution in [0.25, 0.3) is 22.9 Å². The number of fused-ring (bicyclic) bond motifs is 3. The molecular formula is C24H23NO4. The normalized spacial score (nSPS) is 21.2. The third kappa shape index (κ3) is 4.63. The predicted octanol–water partition coefficient (Wildman–Crippen LogP) is 2.04. The van der Waals surface area contributed by atoms with Crippen molar-refractivity contribution in [2.75, 3.05) is 26.3 Å². The molecule has 0 spiro atoms. The zero-order valence-electron chi connectivity index (χ0n) is 16.2. The van der Waals surface area contributed by atoms with Gasteiger partial charge in [-0.3, -0.25) is 9.59 Å². The van der Waals surface area contributed by atoms with Gasteiger partial charge in [0.2, 0.25) is 5.91 Å². The van der Waals surface area contributed by atoms with Crippen molar-refractivity contribution in [1.82, 2.24) is 4.90 Å². The van der Waals surface area contributed by atoms with Gasteiger partial charge in [0.05, 0.1) is 19.6 Å². The van der Waals surface area contributed by atoms with E-state index in [4.69, 9.17) is 9.47 Å². The van der Waals surface area contributed by atoms with Crippen molar-refractivity contribution >= 4 is 34.8 Å². The van der Waals surface area contributed by atoms with E-state index in [0.717, 1.165) is 21.2 Å². The average Bonchev–Trinajstić information content (AvgIpc) is 2.74. The molecule has 1 amide bonds. The molecule has 2 aliphatic rings. The number of nitrogens with zero attached hydrogens (tertiary/aromatic N) is 1. The molecule has 0 atom stereocenters. The molecule has 1 saturated heterocycles. The van der Waals surface area contributed by atoms with Gasteiger partial charge in [0.25, 0.3) is 0 Å². The average molecular weight is 389 g/mol. The summed E-state index contributed by atoms with van der Waals surface area (Å²) < 4.78 is 10.8. The number of hydrogen-bond donors (Lipinski definition) is 0. The number of rotatable bonds is 4. The Morgan fingerprint density at radius 1 is 0.966 bits per heavy atom. The Labute approximate surface area is 169 Å². The molecule has 1 aliphatic carbocycles. The van der Waals surface area contributed by atoms with Gasteiger partial charge in [-0.1, -0.05) is 54.6 Å². The van der Waals surface area contributed by atoms with Gasteiger partial charge in [0, 0.05) is 19.5 Å². The van der Waals surface area contributed by atoms with Crippen LogP contribution in [0.4, 0.5) is 0 Å². The number of carbonyl (C=O) groups excluding carboxylic acids is 2. The highest BCUT2D eigenvalue weighted by Crippen LogP contribution is 2.11. The first-order valence-corrected chi connectivity index (χ1v) is 9.85. The molecule has 5 heteroatoms. The summed E-state index contributed by atoms with van der Waals surface area (Å²) in [6.07, 6.45) is 9.66. The number of hydrogen-bond acceptors (Lipinski definition) is 4. The van der Waals surface area contributed by atoms with Crippen LogP contribution < -0.4 is 10.4 Å². The minimum atomic E-state index is -0.408. The van der Waals surface area contributed by atoms with E-state index in [1.54, 1.807) is 11.0 Å². The van der Waals surface area contributed by atoms with Gasteiger partial charge in [0.15, 0.2) is 0 Å². The summed E-state index contributed by atoms with van der Waals surface area (Å²) >= 11 is 0. The summed E-state index contributed by atoms with van der Waals surface area (Å²) in [6.45, 7) is 2.26. The van der Waals surface area contributed by atoms with Crippen LogP contribution in [0.1, 0.15) is 12.8 Å². The topological polar surface area (TPSA) is 55.8 Å². The molecule has 4 rings (SSSR count). The summed E-state index contributed by atoms with van der Waals surface area (Å²) in [7, 11) is 0. The van der Waals surface area contributed by atoms with Gasteiger partial charge in [-0.15, -0.1) is 0 Å². The standard InChI is InChI=1S/C24H23NO4/c26-23(25-13-15-28-16-14-25)11-12-24(27)29-20-7-3-1-6-19-10-9-18-5-2-4-8-21(18)22(19)17-20/h1-10,17H,11-16H2/b3-1-,6-1?,7-3?,19-6-,20-7+,20-17?,22-17+. The Balaban J connectivity index is 1.50. The first-order chi connectivity index (χ1) is 14.2. The van der Waals surface area contributed by atoms with Crippen LogP contribution >= 0.6 is 0 Å². The SMILES string of the molecule is O=C(CCC(=O)N1CCOCC1)OC1=C/C=C\C=c2\ccc3ccccc3\c2=C\1. The molecule has 29 heavy (non-hydrogen) atoms. The smallest absolute Gasteiger partial charge is 0.311 e. The molecule has 2 aromatic carbocycles. The third-order valence-corrected chi connectivity index (χ3v) is 5.08. The fraction of sp³-hybridized carbons (Fsp3) is 0.250. The molecule has 148 valence electrons. The molecule has 0 saturated carbocycles. The number of ether oxygens (including phenoxy) is 2. The molecule has 0 N–H and O–H groups in total. The van der Waals surface area contributed by atoms with Crippen molar-refractivity contribution in [1.29, 1.82) is 0 Å². The van der Waals surface area contributed by atoms with Crippen LogP contribution in [-0.4, -0.2) is 43.1 Å². The highest BCUT2D eigenvalue weighted by Gasteiger charge is 2.18. The Kier molecular flexibility index (Phi) is 5.86. The van der Waals surface area contributed by atoms with E-state index in [9.17, 15) is 9.59 Å². The van der Waals surface area contributed by atoms with Gasteiger partial charge in [-0.25, -0.2) is 0 Å². The molecule has 5 nitrogen and oxygen atoms in total. The van der Waals surface area contributed by atoms with Crippen LogP contribution in [-0.2, 0) is 19.1 Å². The molecule has 1 heterocycles. The van der Waals surface area contributed by atoms with Crippen molar-refractivity contribution in [3.05, 3.63) is 70.8 Å². The Morgan fingerprint density at radius 2 is 1.76 bits per heavy atom. The minimum absolute atomic E-state index is 0.0355. The van der Waals surface area contributed by atoms with E-state index in [1.807, 2.05) is 36.4 Å². The quantitative estimate of drug-likeness (QED) is 0.751. The van der Waals surface area contributed by atoms with Crippen LogP contribution in [0.3, 0.4) is 0 Å². The van der Waals surface area contributed by atoms with Gasteiger partial charge in [-0.2, -0.15) is 0 Å². The van der Waals surface area contributed by atoms with E-state index in [0.29, 0.717) is 32.1 Å². The van der Waals surface area contributed by atoms with Gasteiger partial charge < -0.3 is 14.4 Å². The lowest BCUT2D eigenvalue weighted by atomic mass is 10.0. The van der Waals surface area contributed by atoms with Crippen molar-refractivity contribution in [3.63, 3.8) is 0 Å². The monoisotopic (exact) mass is 389 g/mol. The second-order valence-electron chi connectivity index (χ2n) is 7.02.